The number of hydrogen-bond donors (Lipinski definition) is 1. The molecule has 0 radical (unpaired) electrons. The Morgan fingerprint density at radius 3 is 2.00 bits per heavy atom. The number of sulfonamides is 1. The molecule has 0 aliphatic rings. The molecule has 1 N–H and O–H groups in total. The average molecular weight is 578 g/mol. The first kappa shape index (κ1) is 31.9. The van der Waals surface area contributed by atoms with Gasteiger partial charge in [0.1, 0.15) is 12.6 Å². The zero-order valence-electron chi connectivity index (χ0n) is 25.0. The van der Waals surface area contributed by atoms with Crippen LogP contribution in [0.2, 0.25) is 0 Å². The number of benzene rings is 3. The third-order valence-electron chi connectivity index (χ3n) is 7.45. The smallest absolute Gasteiger partial charge is 0.264 e. The standard InChI is InChI=1S/C33H43N3O4S/c1-7-26(6)34-33(38)31(8-2)35(22-28-15-13-12-14-25(28)5)32(37)23-36(29-20-18-27(19-21-29)24(3)4)41(39,40)30-16-10-9-11-17-30/h9-21,24,26,31H,7-8,22-23H2,1-6H3,(H,34,38). The summed E-state index contributed by atoms with van der Waals surface area (Å²) in [5.74, 6) is -0.432. The van der Waals surface area contributed by atoms with Crippen LogP contribution in [-0.4, -0.2) is 43.8 Å². The lowest BCUT2D eigenvalue weighted by Gasteiger charge is -2.34. The van der Waals surface area contributed by atoms with Crippen LogP contribution in [0.4, 0.5) is 5.69 Å². The lowest BCUT2D eigenvalue weighted by Crippen LogP contribution is -2.53. The van der Waals surface area contributed by atoms with Gasteiger partial charge in [0.25, 0.3) is 10.0 Å². The SMILES string of the molecule is CCC(C)NC(=O)C(CC)N(Cc1ccccc1C)C(=O)CN(c1ccc(C(C)C)cc1)S(=O)(=O)c1ccccc1. The first-order valence-corrected chi connectivity index (χ1v) is 15.8. The van der Waals surface area contributed by atoms with Gasteiger partial charge < -0.3 is 10.2 Å². The van der Waals surface area contributed by atoms with Crippen molar-refractivity contribution < 1.29 is 18.0 Å². The fourth-order valence-corrected chi connectivity index (χ4v) is 6.04. The van der Waals surface area contributed by atoms with Crippen molar-refractivity contribution in [3.63, 3.8) is 0 Å². The van der Waals surface area contributed by atoms with E-state index in [9.17, 15) is 18.0 Å². The van der Waals surface area contributed by atoms with Gasteiger partial charge in [-0.2, -0.15) is 0 Å². The van der Waals surface area contributed by atoms with Crippen molar-refractivity contribution in [2.24, 2.45) is 0 Å². The summed E-state index contributed by atoms with van der Waals surface area (Å²) in [6, 6.07) is 22.2. The zero-order chi connectivity index (χ0) is 30.2. The van der Waals surface area contributed by atoms with Crippen LogP contribution in [0.3, 0.4) is 0 Å². The molecule has 41 heavy (non-hydrogen) atoms. The second kappa shape index (κ2) is 14.3. The van der Waals surface area contributed by atoms with Gasteiger partial charge in [0.2, 0.25) is 11.8 Å². The summed E-state index contributed by atoms with van der Waals surface area (Å²) in [4.78, 5) is 29.2. The summed E-state index contributed by atoms with van der Waals surface area (Å²) < 4.78 is 29.1. The predicted molar refractivity (Wildman–Crippen MR) is 165 cm³/mol. The quantitative estimate of drug-likeness (QED) is 0.269. The maximum Gasteiger partial charge on any atom is 0.264 e. The molecule has 0 heterocycles. The highest BCUT2D eigenvalue weighted by molar-refractivity contribution is 7.92. The van der Waals surface area contributed by atoms with E-state index >= 15 is 0 Å². The van der Waals surface area contributed by atoms with Crippen molar-refractivity contribution in [2.75, 3.05) is 10.8 Å². The molecule has 2 amide bonds. The summed E-state index contributed by atoms with van der Waals surface area (Å²) in [6.07, 6.45) is 1.14. The van der Waals surface area contributed by atoms with Crippen molar-refractivity contribution in [2.45, 2.75) is 83.8 Å². The zero-order valence-corrected chi connectivity index (χ0v) is 25.8. The van der Waals surface area contributed by atoms with E-state index < -0.39 is 28.5 Å². The first-order chi connectivity index (χ1) is 19.5. The lowest BCUT2D eigenvalue weighted by atomic mass is 10.0. The van der Waals surface area contributed by atoms with E-state index in [0.29, 0.717) is 12.1 Å². The highest BCUT2D eigenvalue weighted by atomic mass is 32.2. The van der Waals surface area contributed by atoms with Crippen molar-refractivity contribution in [3.8, 4) is 0 Å². The van der Waals surface area contributed by atoms with Crippen LogP contribution in [-0.2, 0) is 26.2 Å². The van der Waals surface area contributed by atoms with E-state index in [2.05, 4.69) is 19.2 Å². The monoisotopic (exact) mass is 577 g/mol. The fraction of sp³-hybridized carbons (Fsp3) is 0.394. The first-order valence-electron chi connectivity index (χ1n) is 14.3. The number of carbonyl (C=O) groups excluding carboxylic acids is 2. The number of amides is 2. The molecule has 0 saturated heterocycles. The summed E-state index contributed by atoms with van der Waals surface area (Å²) in [7, 11) is -4.09. The molecule has 0 aliphatic carbocycles. The number of hydrogen-bond acceptors (Lipinski definition) is 4. The largest absolute Gasteiger partial charge is 0.352 e. The number of anilines is 1. The average Bonchev–Trinajstić information content (AvgIpc) is 2.97. The molecule has 3 rings (SSSR count). The normalized spacial score (nSPS) is 13.0. The molecule has 3 aromatic rings. The molecule has 2 atom stereocenters. The Kier molecular flexibility index (Phi) is 11.1. The van der Waals surface area contributed by atoms with E-state index in [1.165, 1.54) is 17.0 Å². The number of rotatable bonds is 13. The Hall–Kier alpha value is -3.65. The van der Waals surface area contributed by atoms with E-state index in [4.69, 9.17) is 0 Å². The molecule has 0 fully saturated rings. The van der Waals surface area contributed by atoms with E-state index in [1.54, 1.807) is 30.3 Å². The van der Waals surface area contributed by atoms with Crippen LogP contribution >= 0.6 is 0 Å². The Morgan fingerprint density at radius 2 is 1.44 bits per heavy atom. The third-order valence-corrected chi connectivity index (χ3v) is 9.23. The minimum absolute atomic E-state index is 0.0543. The second-order valence-electron chi connectivity index (χ2n) is 10.8. The minimum Gasteiger partial charge on any atom is -0.352 e. The maximum absolute atomic E-state index is 14.2. The highest BCUT2D eigenvalue weighted by Crippen LogP contribution is 2.27. The van der Waals surface area contributed by atoms with Crippen LogP contribution in [0.5, 0.6) is 0 Å². The molecule has 0 aliphatic heterocycles. The number of carbonyl (C=O) groups is 2. The molecular formula is C33H43N3O4S. The predicted octanol–water partition coefficient (Wildman–Crippen LogP) is 6.04. The Balaban J connectivity index is 2.07. The summed E-state index contributed by atoms with van der Waals surface area (Å²) in [5.41, 5.74) is 3.33. The van der Waals surface area contributed by atoms with Crippen molar-refractivity contribution in [1.29, 1.82) is 0 Å². The molecule has 0 bridgehead atoms. The molecule has 2 unspecified atom stereocenters. The Labute approximate surface area is 245 Å². The van der Waals surface area contributed by atoms with Crippen LogP contribution < -0.4 is 9.62 Å². The Morgan fingerprint density at radius 1 is 0.829 bits per heavy atom. The van der Waals surface area contributed by atoms with Crippen LogP contribution in [0.15, 0.2) is 83.8 Å². The maximum atomic E-state index is 14.2. The lowest BCUT2D eigenvalue weighted by molar-refractivity contribution is -0.140. The van der Waals surface area contributed by atoms with Crippen LogP contribution in [0.1, 0.15) is 70.1 Å². The van der Waals surface area contributed by atoms with Crippen molar-refractivity contribution >= 4 is 27.5 Å². The molecule has 3 aromatic carbocycles. The van der Waals surface area contributed by atoms with Crippen molar-refractivity contribution in [1.82, 2.24) is 10.2 Å². The molecule has 220 valence electrons. The number of nitrogens with zero attached hydrogens (tertiary/aromatic N) is 2. The van der Waals surface area contributed by atoms with Crippen LogP contribution in [0.25, 0.3) is 0 Å². The van der Waals surface area contributed by atoms with Gasteiger partial charge in [0.05, 0.1) is 10.6 Å². The summed E-state index contributed by atoms with van der Waals surface area (Å²) in [5, 5.41) is 3.01. The van der Waals surface area contributed by atoms with E-state index in [0.717, 1.165) is 27.4 Å². The third kappa shape index (κ3) is 7.97. The minimum atomic E-state index is -4.09. The Bertz CT molecular complexity index is 1410. The van der Waals surface area contributed by atoms with Crippen molar-refractivity contribution in [3.05, 3.63) is 95.6 Å². The van der Waals surface area contributed by atoms with Crippen LogP contribution in [0, 0.1) is 6.92 Å². The van der Waals surface area contributed by atoms with Gasteiger partial charge in [-0.3, -0.25) is 13.9 Å². The van der Waals surface area contributed by atoms with E-state index in [1.807, 2.05) is 64.1 Å². The summed E-state index contributed by atoms with van der Waals surface area (Å²) >= 11 is 0. The highest BCUT2D eigenvalue weighted by Gasteiger charge is 2.34. The molecule has 0 spiro atoms. The van der Waals surface area contributed by atoms with E-state index in [-0.39, 0.29) is 29.3 Å². The number of aryl methyl sites for hydroxylation is 1. The molecule has 7 nitrogen and oxygen atoms in total. The van der Waals surface area contributed by atoms with Gasteiger partial charge in [0.15, 0.2) is 0 Å². The topological polar surface area (TPSA) is 86.8 Å². The number of nitrogens with one attached hydrogen (secondary N) is 1. The van der Waals surface area contributed by atoms with Gasteiger partial charge in [0, 0.05) is 12.6 Å². The molecule has 8 heteroatoms. The van der Waals surface area contributed by atoms with Gasteiger partial charge in [-0.1, -0.05) is 82.3 Å². The van der Waals surface area contributed by atoms with Gasteiger partial charge in [-0.05, 0) is 73.6 Å². The van der Waals surface area contributed by atoms with Gasteiger partial charge in [-0.25, -0.2) is 8.42 Å². The second-order valence-corrected chi connectivity index (χ2v) is 12.6. The molecular weight excluding hydrogens is 534 g/mol. The van der Waals surface area contributed by atoms with Gasteiger partial charge in [-0.15, -0.1) is 0 Å². The fourth-order valence-electron chi connectivity index (χ4n) is 4.61. The van der Waals surface area contributed by atoms with Gasteiger partial charge >= 0.3 is 0 Å². The molecule has 0 aromatic heterocycles. The molecule has 0 saturated carbocycles. The summed E-state index contributed by atoms with van der Waals surface area (Å²) in [6.45, 7) is 11.6.